The molecule has 2 heterocycles. The summed E-state index contributed by atoms with van der Waals surface area (Å²) in [7, 11) is 0. The highest BCUT2D eigenvalue weighted by Gasteiger charge is 2.46. The Morgan fingerprint density at radius 2 is 1.97 bits per heavy atom. The van der Waals surface area contributed by atoms with Gasteiger partial charge in [-0.25, -0.2) is 4.79 Å². The lowest BCUT2D eigenvalue weighted by atomic mass is 9.80. The van der Waals surface area contributed by atoms with E-state index in [4.69, 9.17) is 0 Å². The van der Waals surface area contributed by atoms with Crippen molar-refractivity contribution >= 4 is 11.8 Å². The fourth-order valence-electron chi connectivity index (χ4n) is 4.09. The Morgan fingerprint density at radius 3 is 2.73 bits per heavy atom. The summed E-state index contributed by atoms with van der Waals surface area (Å²) in [5.74, 6) is -0.295. The number of hydrogen-bond donors (Lipinski definition) is 2. The lowest BCUT2D eigenvalue weighted by Gasteiger charge is -2.30. The maximum Gasteiger partial charge on any atom is 0.328 e. The Hall–Kier alpha value is -3.68. The minimum absolute atomic E-state index is 0.0396. The summed E-state index contributed by atoms with van der Waals surface area (Å²) >= 11 is 0. The van der Waals surface area contributed by atoms with E-state index in [1.165, 1.54) is 17.7 Å². The number of aromatic nitrogens is 2. The van der Waals surface area contributed by atoms with Crippen LogP contribution in [-0.2, 0) is 16.1 Å². The topological polar surface area (TPSA) is 104 Å². The molecule has 0 bridgehead atoms. The molecule has 2 atom stereocenters. The molecule has 0 radical (unpaired) electrons. The molecule has 0 aromatic carbocycles. The van der Waals surface area contributed by atoms with Gasteiger partial charge >= 0.3 is 5.69 Å². The van der Waals surface area contributed by atoms with Crippen LogP contribution in [0, 0.1) is 12.8 Å². The van der Waals surface area contributed by atoms with Crippen LogP contribution in [-0.4, -0.2) is 38.9 Å². The summed E-state index contributed by atoms with van der Waals surface area (Å²) in [5.41, 5.74) is 1.98. The Labute approximate surface area is 172 Å². The lowest BCUT2D eigenvalue weighted by Crippen LogP contribution is -2.36. The predicted molar refractivity (Wildman–Crippen MR) is 111 cm³/mol. The van der Waals surface area contributed by atoms with Crippen LogP contribution in [0.3, 0.4) is 0 Å². The van der Waals surface area contributed by atoms with Crippen molar-refractivity contribution in [1.82, 2.24) is 19.8 Å². The van der Waals surface area contributed by atoms with Crippen molar-refractivity contribution in [3.8, 4) is 0 Å². The number of aryl methyl sites for hydroxylation is 1. The van der Waals surface area contributed by atoms with Gasteiger partial charge < -0.3 is 10.2 Å². The molecule has 0 saturated carbocycles. The molecule has 4 rings (SSSR count). The molecule has 1 aromatic rings. The number of rotatable bonds is 5. The summed E-state index contributed by atoms with van der Waals surface area (Å²) in [6, 6.07) is -0.121. The summed E-state index contributed by atoms with van der Waals surface area (Å²) in [6.07, 6.45) is 14.6. The fraction of sp³-hybridized carbons (Fsp3) is 0.273. The van der Waals surface area contributed by atoms with E-state index in [9.17, 15) is 19.2 Å². The van der Waals surface area contributed by atoms with Crippen LogP contribution in [0.4, 0.5) is 0 Å². The smallest absolute Gasteiger partial charge is 0.328 e. The van der Waals surface area contributed by atoms with Crippen LogP contribution in [0.25, 0.3) is 0 Å². The third kappa shape index (κ3) is 3.41. The maximum absolute atomic E-state index is 13.0. The van der Waals surface area contributed by atoms with Gasteiger partial charge in [-0.05, 0) is 18.6 Å². The summed E-state index contributed by atoms with van der Waals surface area (Å²) in [5, 5.41) is 2.84. The molecule has 2 aliphatic carbocycles. The van der Waals surface area contributed by atoms with E-state index < -0.39 is 5.69 Å². The number of H-pyrrole nitrogens is 1. The molecule has 2 amide bonds. The Morgan fingerprint density at radius 1 is 1.20 bits per heavy atom. The minimum atomic E-state index is -0.467. The van der Waals surface area contributed by atoms with Crippen molar-refractivity contribution in [3.05, 3.63) is 92.0 Å². The van der Waals surface area contributed by atoms with Crippen LogP contribution < -0.4 is 16.6 Å². The van der Waals surface area contributed by atoms with Gasteiger partial charge in [-0.1, -0.05) is 36.5 Å². The van der Waals surface area contributed by atoms with Gasteiger partial charge in [-0.3, -0.25) is 23.9 Å². The number of allylic oxidation sites excluding steroid dienone is 5. The number of likely N-dealkylation sites (tertiary alicyclic amines) is 1. The first-order valence-electron chi connectivity index (χ1n) is 9.71. The second-order valence-electron chi connectivity index (χ2n) is 7.51. The van der Waals surface area contributed by atoms with E-state index in [0.29, 0.717) is 24.2 Å². The number of aromatic amines is 1. The molecule has 1 aromatic heterocycles. The van der Waals surface area contributed by atoms with Gasteiger partial charge in [0.15, 0.2) is 0 Å². The van der Waals surface area contributed by atoms with E-state index in [-0.39, 0.29) is 29.3 Å². The molecule has 1 aliphatic heterocycles. The van der Waals surface area contributed by atoms with E-state index >= 15 is 0 Å². The highest BCUT2D eigenvalue weighted by molar-refractivity contribution is 5.99. The van der Waals surface area contributed by atoms with Crippen molar-refractivity contribution in [2.24, 2.45) is 5.92 Å². The molecule has 2 unspecified atom stereocenters. The van der Waals surface area contributed by atoms with Gasteiger partial charge in [0.25, 0.3) is 11.5 Å². The zero-order valence-corrected chi connectivity index (χ0v) is 16.7. The third-order valence-corrected chi connectivity index (χ3v) is 5.47. The van der Waals surface area contributed by atoms with Gasteiger partial charge in [-0.15, -0.1) is 0 Å². The predicted octanol–water partition coefficient (Wildman–Crippen LogP) is 0.684. The largest absolute Gasteiger partial charge is 0.328 e. The molecule has 1 fully saturated rings. The summed E-state index contributed by atoms with van der Waals surface area (Å²) < 4.78 is 1.41. The van der Waals surface area contributed by atoms with Crippen molar-refractivity contribution < 1.29 is 9.59 Å². The first-order valence-corrected chi connectivity index (χ1v) is 9.71. The number of carbonyl (C=O) groups is 2. The first-order chi connectivity index (χ1) is 14.4. The van der Waals surface area contributed by atoms with Crippen molar-refractivity contribution in [2.45, 2.75) is 26.4 Å². The first kappa shape index (κ1) is 19.6. The normalized spacial score (nSPS) is 22.0. The van der Waals surface area contributed by atoms with Crippen molar-refractivity contribution in [3.63, 3.8) is 0 Å². The van der Waals surface area contributed by atoms with E-state index in [0.717, 1.165) is 11.3 Å². The molecule has 0 spiro atoms. The molecular formula is C22H22N4O4. The number of nitrogens with one attached hydrogen (secondary N) is 2. The van der Waals surface area contributed by atoms with Crippen LogP contribution >= 0.6 is 0 Å². The van der Waals surface area contributed by atoms with E-state index in [1.807, 2.05) is 36.5 Å². The van der Waals surface area contributed by atoms with Crippen LogP contribution in [0.1, 0.15) is 12.5 Å². The highest BCUT2D eigenvalue weighted by Crippen LogP contribution is 2.42. The van der Waals surface area contributed by atoms with Crippen molar-refractivity contribution in [1.29, 1.82) is 0 Å². The minimum Gasteiger partial charge on any atom is -0.328 e. The Bertz CT molecular complexity index is 1190. The Balaban J connectivity index is 1.51. The monoisotopic (exact) mass is 406 g/mol. The molecular weight excluding hydrogens is 384 g/mol. The molecule has 30 heavy (non-hydrogen) atoms. The average Bonchev–Trinajstić information content (AvgIpc) is 2.97. The van der Waals surface area contributed by atoms with Gasteiger partial charge in [0.05, 0.1) is 6.04 Å². The number of hydrogen-bond acceptors (Lipinski definition) is 4. The van der Waals surface area contributed by atoms with Gasteiger partial charge in [0, 0.05) is 49.0 Å². The zero-order chi connectivity index (χ0) is 21.4. The molecule has 8 nitrogen and oxygen atoms in total. The SMILES string of the molecule is CC(=O)NC1=C2C=CC=C3C(=O)N(C/C=C\Cn4cc(C)c(=O)[nH]c4=O)C(C=C1)C32. The number of nitrogens with zero attached hydrogens (tertiary/aromatic N) is 2. The third-order valence-electron chi connectivity index (χ3n) is 5.47. The zero-order valence-electron chi connectivity index (χ0n) is 16.7. The molecule has 3 aliphatic rings. The van der Waals surface area contributed by atoms with Crippen LogP contribution in [0.2, 0.25) is 0 Å². The molecule has 1 saturated heterocycles. The number of amides is 2. The molecule has 2 N–H and O–H groups in total. The standard InChI is InChI=1S/C22H22N4O4/c1-13-12-25(22(30)24-20(13)28)10-3-4-11-26-18-9-8-17(23-14(2)27)15-6-5-7-16(19(15)18)21(26)29/h3-9,12,18-19H,10-11H2,1-2H3,(H,23,27)(H,24,28,30)/b4-3-. The maximum atomic E-state index is 13.0. The van der Waals surface area contributed by atoms with Gasteiger partial charge in [-0.2, -0.15) is 0 Å². The molecule has 8 heteroatoms. The second-order valence-corrected chi connectivity index (χ2v) is 7.51. The van der Waals surface area contributed by atoms with Crippen LogP contribution in [0.5, 0.6) is 0 Å². The van der Waals surface area contributed by atoms with E-state index in [2.05, 4.69) is 10.3 Å². The summed E-state index contributed by atoms with van der Waals surface area (Å²) in [4.78, 5) is 51.8. The Kier molecular flexibility index (Phi) is 4.99. The quantitative estimate of drug-likeness (QED) is 0.702. The lowest BCUT2D eigenvalue weighted by molar-refractivity contribution is -0.125. The second kappa shape index (κ2) is 7.62. The van der Waals surface area contributed by atoms with Gasteiger partial charge in [0.2, 0.25) is 5.91 Å². The summed E-state index contributed by atoms with van der Waals surface area (Å²) in [6.45, 7) is 3.79. The molecule has 154 valence electrons. The van der Waals surface area contributed by atoms with Crippen LogP contribution in [0.15, 0.2) is 75.2 Å². The van der Waals surface area contributed by atoms with Gasteiger partial charge in [0.1, 0.15) is 0 Å². The highest BCUT2D eigenvalue weighted by atomic mass is 16.2. The van der Waals surface area contributed by atoms with Crippen molar-refractivity contribution in [2.75, 3.05) is 6.54 Å². The number of carbonyl (C=O) groups excluding carboxylic acids is 2. The van der Waals surface area contributed by atoms with E-state index in [1.54, 1.807) is 17.9 Å². The fourth-order valence-corrected chi connectivity index (χ4v) is 4.09. The average molecular weight is 406 g/mol.